The van der Waals surface area contributed by atoms with E-state index in [9.17, 15) is 5.11 Å². The zero-order valence-electron chi connectivity index (χ0n) is 11.4. The minimum Gasteiger partial charge on any atom is -0.395 e. The van der Waals surface area contributed by atoms with Gasteiger partial charge in [0.1, 0.15) is 5.82 Å². The van der Waals surface area contributed by atoms with Crippen LogP contribution in [-0.2, 0) is 12.1 Å². The van der Waals surface area contributed by atoms with Crippen molar-refractivity contribution in [2.75, 3.05) is 13.2 Å². The first-order valence-corrected chi connectivity index (χ1v) is 7.06. The number of rotatable bonds is 3. The lowest BCUT2D eigenvalue weighted by Gasteiger charge is -2.34. The third-order valence-electron chi connectivity index (χ3n) is 4.09. The molecular formula is C15H21N3O. The van der Waals surface area contributed by atoms with E-state index in [1.165, 1.54) is 12.8 Å². The van der Waals surface area contributed by atoms with Crippen molar-refractivity contribution in [1.82, 2.24) is 14.9 Å². The number of hydrogen-bond acceptors (Lipinski definition) is 3. The summed E-state index contributed by atoms with van der Waals surface area (Å²) >= 11 is 0. The molecule has 0 bridgehead atoms. The fourth-order valence-electron chi connectivity index (χ4n) is 3.07. The molecular weight excluding hydrogens is 238 g/mol. The second kappa shape index (κ2) is 4.94. The van der Waals surface area contributed by atoms with Crippen LogP contribution in [0.1, 0.15) is 32.0 Å². The summed E-state index contributed by atoms with van der Waals surface area (Å²) in [6, 6.07) is 8.16. The molecule has 1 fully saturated rings. The minimum absolute atomic E-state index is 0.0769. The van der Waals surface area contributed by atoms with E-state index < -0.39 is 0 Å². The maximum Gasteiger partial charge on any atom is 0.130 e. The number of aliphatic hydroxyl groups excluding tert-OH is 1. The van der Waals surface area contributed by atoms with Crippen molar-refractivity contribution < 1.29 is 5.11 Å². The largest absolute Gasteiger partial charge is 0.395 e. The van der Waals surface area contributed by atoms with Gasteiger partial charge in [0, 0.05) is 6.54 Å². The summed E-state index contributed by atoms with van der Waals surface area (Å²) in [6.07, 6.45) is 3.56. The van der Waals surface area contributed by atoms with Gasteiger partial charge in [-0.1, -0.05) is 12.1 Å². The van der Waals surface area contributed by atoms with Crippen LogP contribution < -0.4 is 5.32 Å². The van der Waals surface area contributed by atoms with Gasteiger partial charge in [0.25, 0.3) is 0 Å². The van der Waals surface area contributed by atoms with E-state index in [2.05, 4.69) is 22.9 Å². The monoisotopic (exact) mass is 259 g/mol. The molecule has 2 aromatic rings. The Morgan fingerprint density at radius 3 is 2.95 bits per heavy atom. The van der Waals surface area contributed by atoms with Crippen molar-refractivity contribution in [3.05, 3.63) is 30.1 Å². The fourth-order valence-corrected chi connectivity index (χ4v) is 3.07. The number of imidazole rings is 1. The normalized spacial score (nSPS) is 23.9. The molecule has 1 unspecified atom stereocenters. The molecule has 19 heavy (non-hydrogen) atoms. The smallest absolute Gasteiger partial charge is 0.130 e. The molecule has 0 saturated carbocycles. The summed E-state index contributed by atoms with van der Waals surface area (Å²) in [5.74, 6) is 1.06. The number of aliphatic hydroxyl groups is 1. The summed E-state index contributed by atoms with van der Waals surface area (Å²) in [4.78, 5) is 4.82. The number of nitrogens with one attached hydrogen (secondary N) is 1. The van der Waals surface area contributed by atoms with Crippen LogP contribution in [-0.4, -0.2) is 27.8 Å². The first-order chi connectivity index (χ1) is 9.24. The highest BCUT2D eigenvalue weighted by molar-refractivity contribution is 5.76. The molecule has 1 aliphatic heterocycles. The van der Waals surface area contributed by atoms with Gasteiger partial charge < -0.3 is 15.0 Å². The Balaban J connectivity index is 2.13. The first-order valence-electron chi connectivity index (χ1n) is 7.06. The van der Waals surface area contributed by atoms with Gasteiger partial charge in [0.05, 0.1) is 23.2 Å². The molecule has 0 aliphatic carbocycles. The number of aromatic nitrogens is 2. The van der Waals surface area contributed by atoms with Gasteiger partial charge in [-0.2, -0.15) is 0 Å². The van der Waals surface area contributed by atoms with Crippen molar-refractivity contribution in [2.24, 2.45) is 0 Å². The van der Waals surface area contributed by atoms with Gasteiger partial charge in [-0.05, 0) is 44.9 Å². The van der Waals surface area contributed by atoms with E-state index in [-0.39, 0.29) is 12.1 Å². The summed E-state index contributed by atoms with van der Waals surface area (Å²) in [5.41, 5.74) is 2.05. The number of hydrogen-bond donors (Lipinski definition) is 2. The first kappa shape index (κ1) is 12.6. The summed E-state index contributed by atoms with van der Waals surface area (Å²) in [7, 11) is 0. The van der Waals surface area contributed by atoms with Crippen LogP contribution in [0, 0.1) is 0 Å². The van der Waals surface area contributed by atoms with Crippen molar-refractivity contribution in [3.63, 3.8) is 0 Å². The zero-order valence-corrected chi connectivity index (χ0v) is 11.4. The van der Waals surface area contributed by atoms with Crippen LogP contribution >= 0.6 is 0 Å². The Kier molecular flexibility index (Phi) is 3.29. The maximum absolute atomic E-state index is 9.34. The van der Waals surface area contributed by atoms with E-state index in [1.807, 2.05) is 18.2 Å². The molecule has 0 spiro atoms. The second-order valence-corrected chi connectivity index (χ2v) is 5.52. The number of fused-ring (bicyclic) bond motifs is 1. The second-order valence-electron chi connectivity index (χ2n) is 5.52. The minimum atomic E-state index is -0.0769. The highest BCUT2D eigenvalue weighted by atomic mass is 16.3. The molecule has 2 heterocycles. The Bertz CT molecular complexity index is 570. The summed E-state index contributed by atoms with van der Waals surface area (Å²) in [5, 5.41) is 12.9. The Morgan fingerprint density at radius 2 is 2.21 bits per heavy atom. The molecule has 4 heteroatoms. The highest BCUT2D eigenvalue weighted by Crippen LogP contribution is 2.31. The number of piperidine rings is 1. The highest BCUT2D eigenvalue weighted by Gasteiger charge is 2.33. The maximum atomic E-state index is 9.34. The van der Waals surface area contributed by atoms with E-state index in [4.69, 9.17) is 4.98 Å². The molecule has 1 aliphatic rings. The standard InChI is InChI=1S/C15H21N3O/c1-15(8-4-5-9-16-15)14-17-12-6-2-3-7-13(12)18(14)10-11-19/h2-3,6-7,16,19H,4-5,8-11H2,1H3. The molecule has 0 amide bonds. The Labute approximate surface area is 113 Å². The molecule has 1 atom stereocenters. The van der Waals surface area contributed by atoms with Crippen molar-refractivity contribution >= 4 is 11.0 Å². The van der Waals surface area contributed by atoms with Crippen molar-refractivity contribution in [3.8, 4) is 0 Å². The molecule has 1 aromatic carbocycles. The molecule has 102 valence electrons. The Hall–Kier alpha value is -1.39. The lowest BCUT2D eigenvalue weighted by molar-refractivity contribution is 0.242. The lowest BCUT2D eigenvalue weighted by atomic mass is 9.90. The van der Waals surface area contributed by atoms with E-state index in [1.54, 1.807) is 0 Å². The van der Waals surface area contributed by atoms with Crippen LogP contribution in [0.4, 0.5) is 0 Å². The summed E-state index contributed by atoms with van der Waals surface area (Å²) < 4.78 is 2.16. The quantitative estimate of drug-likeness (QED) is 0.886. The topological polar surface area (TPSA) is 50.1 Å². The SMILES string of the molecule is CC1(c2nc3ccccc3n2CCO)CCCCN1. The lowest BCUT2D eigenvalue weighted by Crippen LogP contribution is -2.45. The molecule has 0 radical (unpaired) electrons. The van der Waals surface area contributed by atoms with E-state index in [0.717, 1.165) is 29.8 Å². The number of nitrogens with zero attached hydrogens (tertiary/aromatic N) is 2. The molecule has 2 N–H and O–H groups in total. The number of para-hydroxylation sites is 2. The average Bonchev–Trinajstić information content (AvgIpc) is 2.80. The predicted molar refractivity (Wildman–Crippen MR) is 76.0 cm³/mol. The molecule has 1 saturated heterocycles. The van der Waals surface area contributed by atoms with Gasteiger partial charge in [-0.3, -0.25) is 0 Å². The number of benzene rings is 1. The molecule has 3 rings (SSSR count). The van der Waals surface area contributed by atoms with Crippen molar-refractivity contribution in [1.29, 1.82) is 0 Å². The van der Waals surface area contributed by atoms with Crippen molar-refractivity contribution in [2.45, 2.75) is 38.3 Å². The van der Waals surface area contributed by atoms with E-state index in [0.29, 0.717) is 6.54 Å². The van der Waals surface area contributed by atoms with Gasteiger partial charge in [-0.15, -0.1) is 0 Å². The molecule has 4 nitrogen and oxygen atoms in total. The van der Waals surface area contributed by atoms with Crippen LogP contribution in [0.25, 0.3) is 11.0 Å². The van der Waals surface area contributed by atoms with Gasteiger partial charge >= 0.3 is 0 Å². The van der Waals surface area contributed by atoms with Crippen LogP contribution in [0.15, 0.2) is 24.3 Å². The van der Waals surface area contributed by atoms with E-state index >= 15 is 0 Å². The predicted octanol–water partition coefficient (Wildman–Crippen LogP) is 2.02. The van der Waals surface area contributed by atoms with Crippen LogP contribution in [0.3, 0.4) is 0 Å². The Morgan fingerprint density at radius 1 is 1.37 bits per heavy atom. The third kappa shape index (κ3) is 2.15. The fraction of sp³-hybridized carbons (Fsp3) is 0.533. The molecule has 1 aromatic heterocycles. The van der Waals surface area contributed by atoms with Crippen LogP contribution in [0.2, 0.25) is 0 Å². The van der Waals surface area contributed by atoms with Gasteiger partial charge in [0.15, 0.2) is 0 Å². The third-order valence-corrected chi connectivity index (χ3v) is 4.09. The van der Waals surface area contributed by atoms with Crippen LogP contribution in [0.5, 0.6) is 0 Å². The van der Waals surface area contributed by atoms with Gasteiger partial charge in [-0.25, -0.2) is 4.98 Å². The average molecular weight is 259 g/mol. The van der Waals surface area contributed by atoms with Gasteiger partial charge in [0.2, 0.25) is 0 Å². The zero-order chi connectivity index (χ0) is 13.3. The summed E-state index contributed by atoms with van der Waals surface area (Å²) in [6.45, 7) is 4.01.